The van der Waals surface area contributed by atoms with Crippen LogP contribution in [0, 0.1) is 0 Å². The molecule has 0 aliphatic carbocycles. The first-order valence-corrected chi connectivity index (χ1v) is 7.49. The number of ether oxygens (including phenoxy) is 1. The maximum atomic E-state index is 12.2. The van der Waals surface area contributed by atoms with Crippen molar-refractivity contribution in [2.24, 2.45) is 0 Å². The fraction of sp³-hybridized carbons (Fsp3) is 0.562. The molecule has 108 valence electrons. The van der Waals surface area contributed by atoms with Crippen LogP contribution in [0.1, 0.15) is 18.4 Å². The molecule has 0 saturated carbocycles. The molecule has 0 unspecified atom stereocenters. The van der Waals surface area contributed by atoms with Gasteiger partial charge in [0.25, 0.3) is 5.91 Å². The predicted octanol–water partition coefficient (Wildman–Crippen LogP) is 1.51. The van der Waals surface area contributed by atoms with E-state index >= 15 is 0 Å². The summed E-state index contributed by atoms with van der Waals surface area (Å²) >= 11 is 0. The Hall–Kier alpha value is -1.39. The highest BCUT2D eigenvalue weighted by Gasteiger charge is 2.30. The van der Waals surface area contributed by atoms with E-state index in [2.05, 4.69) is 29.2 Å². The molecule has 4 heteroatoms. The molecule has 0 spiro atoms. The molecule has 0 radical (unpaired) electrons. The van der Waals surface area contributed by atoms with Gasteiger partial charge in [0.15, 0.2) is 0 Å². The van der Waals surface area contributed by atoms with Crippen LogP contribution in [0.15, 0.2) is 30.3 Å². The van der Waals surface area contributed by atoms with Crippen molar-refractivity contribution in [3.05, 3.63) is 35.9 Å². The number of amides is 1. The summed E-state index contributed by atoms with van der Waals surface area (Å²) in [7, 11) is 0. The zero-order valence-corrected chi connectivity index (χ0v) is 11.8. The van der Waals surface area contributed by atoms with Crippen LogP contribution in [0.4, 0.5) is 0 Å². The third-order valence-electron chi connectivity index (χ3n) is 4.14. The molecule has 20 heavy (non-hydrogen) atoms. The SMILES string of the molecule is O=C([C@@H]1CCCO1)N1CCN(Cc2ccccc2)CC1. The van der Waals surface area contributed by atoms with Crippen LogP contribution >= 0.6 is 0 Å². The lowest BCUT2D eigenvalue weighted by atomic mass is 10.1. The van der Waals surface area contributed by atoms with Crippen LogP contribution in [0.3, 0.4) is 0 Å². The summed E-state index contributed by atoms with van der Waals surface area (Å²) in [6.07, 6.45) is 1.74. The van der Waals surface area contributed by atoms with Gasteiger partial charge in [-0.2, -0.15) is 0 Å². The third-order valence-corrected chi connectivity index (χ3v) is 4.14. The second-order valence-corrected chi connectivity index (χ2v) is 5.59. The van der Waals surface area contributed by atoms with Gasteiger partial charge in [-0.15, -0.1) is 0 Å². The highest BCUT2D eigenvalue weighted by Crippen LogP contribution is 2.16. The molecule has 1 aromatic carbocycles. The quantitative estimate of drug-likeness (QED) is 0.837. The maximum Gasteiger partial charge on any atom is 0.251 e. The van der Waals surface area contributed by atoms with Crippen molar-refractivity contribution in [3.63, 3.8) is 0 Å². The van der Waals surface area contributed by atoms with Crippen molar-refractivity contribution >= 4 is 5.91 Å². The van der Waals surface area contributed by atoms with E-state index in [4.69, 9.17) is 4.74 Å². The van der Waals surface area contributed by atoms with E-state index in [0.717, 1.165) is 52.2 Å². The first-order chi connectivity index (χ1) is 9.83. The highest BCUT2D eigenvalue weighted by atomic mass is 16.5. The van der Waals surface area contributed by atoms with Gasteiger partial charge in [0.05, 0.1) is 0 Å². The zero-order chi connectivity index (χ0) is 13.8. The number of carbonyl (C=O) groups is 1. The Balaban J connectivity index is 1.48. The predicted molar refractivity (Wildman–Crippen MR) is 77.3 cm³/mol. The summed E-state index contributed by atoms with van der Waals surface area (Å²) in [6.45, 7) is 5.27. The van der Waals surface area contributed by atoms with Gasteiger partial charge in [-0.25, -0.2) is 0 Å². The van der Waals surface area contributed by atoms with Crippen LogP contribution in [-0.2, 0) is 16.1 Å². The normalized spacial score (nSPS) is 24.0. The molecule has 2 heterocycles. The first-order valence-electron chi connectivity index (χ1n) is 7.49. The third kappa shape index (κ3) is 3.19. The van der Waals surface area contributed by atoms with Crippen molar-refractivity contribution in [1.29, 1.82) is 0 Å². The number of rotatable bonds is 3. The molecule has 4 nitrogen and oxygen atoms in total. The van der Waals surface area contributed by atoms with Crippen molar-refractivity contribution in [3.8, 4) is 0 Å². The van der Waals surface area contributed by atoms with Gasteiger partial charge in [0, 0.05) is 39.3 Å². The van der Waals surface area contributed by atoms with E-state index in [1.54, 1.807) is 0 Å². The molecule has 3 rings (SSSR count). The number of hydrogen-bond donors (Lipinski definition) is 0. The molecule has 1 amide bonds. The molecule has 2 saturated heterocycles. The molecule has 1 aromatic rings. The molecule has 0 bridgehead atoms. The van der Waals surface area contributed by atoms with Crippen molar-refractivity contribution < 1.29 is 9.53 Å². The van der Waals surface area contributed by atoms with Crippen molar-refractivity contribution in [1.82, 2.24) is 9.80 Å². The van der Waals surface area contributed by atoms with Gasteiger partial charge in [0.2, 0.25) is 0 Å². The Morgan fingerprint density at radius 3 is 2.55 bits per heavy atom. The van der Waals surface area contributed by atoms with Crippen molar-refractivity contribution in [2.75, 3.05) is 32.8 Å². The Morgan fingerprint density at radius 2 is 1.90 bits per heavy atom. The zero-order valence-electron chi connectivity index (χ0n) is 11.8. The number of hydrogen-bond acceptors (Lipinski definition) is 3. The molecular formula is C16H22N2O2. The summed E-state index contributed by atoms with van der Waals surface area (Å²) in [5, 5.41) is 0. The lowest BCUT2D eigenvalue weighted by Crippen LogP contribution is -2.51. The lowest BCUT2D eigenvalue weighted by molar-refractivity contribution is -0.142. The van der Waals surface area contributed by atoms with E-state index in [0.29, 0.717) is 0 Å². The summed E-state index contributed by atoms with van der Waals surface area (Å²) in [5.41, 5.74) is 1.34. The Kier molecular flexibility index (Phi) is 4.33. The second-order valence-electron chi connectivity index (χ2n) is 5.59. The van der Waals surface area contributed by atoms with Crippen LogP contribution in [0.2, 0.25) is 0 Å². The average molecular weight is 274 g/mol. The minimum atomic E-state index is -0.171. The van der Waals surface area contributed by atoms with Gasteiger partial charge in [0.1, 0.15) is 6.10 Å². The summed E-state index contributed by atoms with van der Waals surface area (Å²) in [4.78, 5) is 16.6. The fourth-order valence-corrected chi connectivity index (χ4v) is 2.94. The number of piperazine rings is 1. The monoisotopic (exact) mass is 274 g/mol. The second kappa shape index (κ2) is 6.37. The summed E-state index contributed by atoms with van der Waals surface area (Å²) in [6, 6.07) is 10.5. The van der Waals surface area contributed by atoms with Gasteiger partial charge in [-0.1, -0.05) is 30.3 Å². The molecule has 0 aromatic heterocycles. The first kappa shape index (κ1) is 13.6. The minimum absolute atomic E-state index is 0.171. The Bertz CT molecular complexity index is 435. The lowest BCUT2D eigenvalue weighted by Gasteiger charge is -2.35. The largest absolute Gasteiger partial charge is 0.368 e. The molecule has 0 N–H and O–H groups in total. The maximum absolute atomic E-state index is 12.2. The summed E-state index contributed by atoms with van der Waals surface area (Å²) < 4.78 is 5.49. The van der Waals surface area contributed by atoms with Gasteiger partial charge >= 0.3 is 0 Å². The van der Waals surface area contributed by atoms with Gasteiger partial charge in [-0.05, 0) is 18.4 Å². The van der Waals surface area contributed by atoms with E-state index < -0.39 is 0 Å². The molecule has 1 atom stereocenters. The molecule has 2 aliphatic rings. The number of carbonyl (C=O) groups excluding carboxylic acids is 1. The van der Waals surface area contributed by atoms with E-state index in [1.165, 1.54) is 5.56 Å². The van der Waals surface area contributed by atoms with Crippen LogP contribution < -0.4 is 0 Å². The average Bonchev–Trinajstić information content (AvgIpc) is 3.03. The number of nitrogens with zero attached hydrogens (tertiary/aromatic N) is 2. The smallest absolute Gasteiger partial charge is 0.251 e. The standard InChI is InChI=1S/C16H22N2O2/c19-16(15-7-4-12-20-15)18-10-8-17(9-11-18)13-14-5-2-1-3-6-14/h1-3,5-6,15H,4,7-13H2/t15-/m0/s1. The Morgan fingerprint density at radius 1 is 1.15 bits per heavy atom. The van der Waals surface area contributed by atoms with Gasteiger partial charge in [-0.3, -0.25) is 9.69 Å². The molecule has 2 fully saturated rings. The number of benzene rings is 1. The molecular weight excluding hydrogens is 252 g/mol. The summed E-state index contributed by atoms with van der Waals surface area (Å²) in [5.74, 6) is 0.196. The van der Waals surface area contributed by atoms with Crippen LogP contribution in [-0.4, -0.2) is 54.6 Å². The van der Waals surface area contributed by atoms with E-state index in [9.17, 15) is 4.79 Å². The van der Waals surface area contributed by atoms with Crippen LogP contribution in [0.5, 0.6) is 0 Å². The van der Waals surface area contributed by atoms with Gasteiger partial charge < -0.3 is 9.64 Å². The van der Waals surface area contributed by atoms with Crippen LogP contribution in [0.25, 0.3) is 0 Å². The Labute approximate surface area is 120 Å². The van der Waals surface area contributed by atoms with E-state index in [1.807, 2.05) is 11.0 Å². The van der Waals surface area contributed by atoms with Crippen molar-refractivity contribution in [2.45, 2.75) is 25.5 Å². The fourth-order valence-electron chi connectivity index (χ4n) is 2.94. The topological polar surface area (TPSA) is 32.8 Å². The minimum Gasteiger partial charge on any atom is -0.368 e. The van der Waals surface area contributed by atoms with E-state index in [-0.39, 0.29) is 12.0 Å². The highest BCUT2D eigenvalue weighted by molar-refractivity contribution is 5.81. The molecule has 2 aliphatic heterocycles.